The molecule has 0 fully saturated rings. The van der Waals surface area contributed by atoms with E-state index in [1.165, 1.54) is 12.8 Å². The Morgan fingerprint density at radius 3 is 1.28 bits per heavy atom. The molecule has 0 bridgehead atoms. The number of Topliss-reactive ketones (excluding diaryl/α,β-unsaturated/α-hetero) is 2. The second-order valence-corrected chi connectivity index (χ2v) is 3.84. The summed E-state index contributed by atoms with van der Waals surface area (Å²) in [5, 5.41) is 0. The molecule has 0 atom stereocenters. The molecule has 0 amide bonds. The van der Waals surface area contributed by atoms with Crippen molar-refractivity contribution in [2.75, 3.05) is 0 Å². The molecule has 0 N–H and O–H groups in total. The van der Waals surface area contributed by atoms with Crippen LogP contribution in [0.1, 0.15) is 11.1 Å². The van der Waals surface area contributed by atoms with E-state index in [2.05, 4.69) is 0 Å². The van der Waals surface area contributed by atoms with Crippen molar-refractivity contribution in [3.05, 3.63) is 84.6 Å². The fourth-order valence-corrected chi connectivity index (χ4v) is 1.54. The van der Waals surface area contributed by atoms with Gasteiger partial charge in [0.05, 0.1) is 12.8 Å². The Balaban J connectivity index is 1.96. The lowest BCUT2D eigenvalue weighted by Gasteiger charge is -2.00. The van der Waals surface area contributed by atoms with Gasteiger partial charge in [0.25, 0.3) is 0 Å². The highest BCUT2D eigenvalue weighted by atomic mass is 16.2. The van der Waals surface area contributed by atoms with Gasteiger partial charge in [0.1, 0.15) is 0 Å². The summed E-state index contributed by atoms with van der Waals surface area (Å²) in [6, 6.07) is 18.2. The standard InChI is InChI=1S/C16H12O2/c17-15(11-13-7-3-1-4-8-13)16(18)12-14-9-5-2-6-10-14/h1-12H. The molecule has 0 aliphatic carbocycles. The minimum absolute atomic E-state index is 0.509. The molecule has 0 aromatic heterocycles. The molecule has 2 heteroatoms. The third kappa shape index (κ3) is 3.39. The van der Waals surface area contributed by atoms with Crippen LogP contribution in [0.15, 0.2) is 60.7 Å². The van der Waals surface area contributed by atoms with Crippen LogP contribution in [0.2, 0.25) is 0 Å². The second kappa shape index (κ2) is 5.92. The maximum absolute atomic E-state index is 11.7. The van der Waals surface area contributed by atoms with Crippen LogP contribution in [-0.2, 0) is 9.59 Å². The van der Waals surface area contributed by atoms with Crippen molar-refractivity contribution in [1.82, 2.24) is 0 Å². The van der Waals surface area contributed by atoms with Crippen molar-refractivity contribution < 1.29 is 9.59 Å². The first-order valence-corrected chi connectivity index (χ1v) is 5.63. The third-order valence-corrected chi connectivity index (χ3v) is 2.44. The molecule has 2 rings (SSSR count). The summed E-state index contributed by atoms with van der Waals surface area (Å²) in [6.45, 7) is 0. The van der Waals surface area contributed by atoms with E-state index < -0.39 is 11.6 Å². The molecule has 0 heterocycles. The highest BCUT2D eigenvalue weighted by molar-refractivity contribution is 6.44. The van der Waals surface area contributed by atoms with Crippen LogP contribution >= 0.6 is 0 Å². The van der Waals surface area contributed by atoms with E-state index in [4.69, 9.17) is 0 Å². The van der Waals surface area contributed by atoms with E-state index >= 15 is 0 Å². The maximum Gasteiger partial charge on any atom is 0.207 e. The first kappa shape index (κ1) is 12.2. The molecular formula is C16H12O2. The number of rotatable bonds is 5. The number of carbonyl (C=O) groups excluding carboxylic acids is 2. The third-order valence-electron chi connectivity index (χ3n) is 2.44. The Kier molecular flexibility index (Phi) is 4.02. The molecule has 2 aromatic carbocycles. The molecule has 2 nitrogen and oxygen atoms in total. The molecule has 2 radical (unpaired) electrons. The molecule has 2 aromatic rings. The van der Waals surface area contributed by atoms with Crippen molar-refractivity contribution >= 4 is 11.6 Å². The fourth-order valence-electron chi connectivity index (χ4n) is 1.54. The van der Waals surface area contributed by atoms with Crippen LogP contribution in [0.3, 0.4) is 0 Å². The van der Waals surface area contributed by atoms with Gasteiger partial charge in [-0.3, -0.25) is 9.59 Å². The predicted molar refractivity (Wildman–Crippen MR) is 69.7 cm³/mol. The van der Waals surface area contributed by atoms with Gasteiger partial charge in [0.15, 0.2) is 0 Å². The van der Waals surface area contributed by atoms with Crippen LogP contribution < -0.4 is 0 Å². The van der Waals surface area contributed by atoms with Crippen LogP contribution in [0.25, 0.3) is 0 Å². The van der Waals surface area contributed by atoms with Gasteiger partial charge in [0.2, 0.25) is 11.6 Å². The van der Waals surface area contributed by atoms with Gasteiger partial charge < -0.3 is 0 Å². The molecule has 0 spiro atoms. The topological polar surface area (TPSA) is 34.1 Å². The van der Waals surface area contributed by atoms with E-state index in [0.717, 1.165) is 11.1 Å². The summed E-state index contributed by atoms with van der Waals surface area (Å²) >= 11 is 0. The van der Waals surface area contributed by atoms with Gasteiger partial charge in [0, 0.05) is 0 Å². The lowest BCUT2D eigenvalue weighted by molar-refractivity contribution is -0.132. The van der Waals surface area contributed by atoms with E-state index in [9.17, 15) is 9.59 Å². The smallest absolute Gasteiger partial charge is 0.207 e. The van der Waals surface area contributed by atoms with Crippen molar-refractivity contribution in [2.24, 2.45) is 0 Å². The molecule has 0 aliphatic heterocycles. The highest BCUT2D eigenvalue weighted by Crippen LogP contribution is 2.07. The zero-order valence-corrected chi connectivity index (χ0v) is 9.74. The van der Waals surface area contributed by atoms with Gasteiger partial charge in [-0.1, -0.05) is 60.7 Å². The fraction of sp³-hybridized carbons (Fsp3) is 0. The lowest BCUT2D eigenvalue weighted by Crippen LogP contribution is -2.15. The van der Waals surface area contributed by atoms with Gasteiger partial charge >= 0.3 is 0 Å². The average Bonchev–Trinajstić information content (AvgIpc) is 2.41. The monoisotopic (exact) mass is 236 g/mol. The molecule has 0 aliphatic rings. The number of ketones is 2. The Labute approximate surface area is 106 Å². The van der Waals surface area contributed by atoms with Crippen LogP contribution in [0.4, 0.5) is 0 Å². The van der Waals surface area contributed by atoms with Crippen molar-refractivity contribution in [1.29, 1.82) is 0 Å². The summed E-state index contributed by atoms with van der Waals surface area (Å²) in [4.78, 5) is 23.4. The quantitative estimate of drug-likeness (QED) is 0.748. The Bertz CT molecular complexity index is 478. The minimum Gasteiger partial charge on any atom is -0.290 e. The second-order valence-electron chi connectivity index (χ2n) is 3.84. The summed E-state index contributed by atoms with van der Waals surface area (Å²) in [6.07, 6.45) is 2.70. The average molecular weight is 236 g/mol. The Morgan fingerprint density at radius 1 is 0.611 bits per heavy atom. The zero-order valence-electron chi connectivity index (χ0n) is 9.74. The van der Waals surface area contributed by atoms with E-state index in [0.29, 0.717) is 0 Å². The summed E-state index contributed by atoms with van der Waals surface area (Å²) in [5.41, 5.74) is 1.47. The zero-order chi connectivity index (χ0) is 12.8. The Morgan fingerprint density at radius 2 is 0.944 bits per heavy atom. The van der Waals surface area contributed by atoms with Crippen molar-refractivity contribution in [3.8, 4) is 0 Å². The first-order chi connectivity index (χ1) is 8.75. The molecule has 18 heavy (non-hydrogen) atoms. The maximum atomic E-state index is 11.7. The molecular weight excluding hydrogens is 224 g/mol. The molecule has 0 unspecified atom stereocenters. The van der Waals surface area contributed by atoms with Crippen LogP contribution in [0.5, 0.6) is 0 Å². The van der Waals surface area contributed by atoms with Crippen LogP contribution in [0, 0.1) is 12.8 Å². The van der Waals surface area contributed by atoms with Crippen molar-refractivity contribution in [2.45, 2.75) is 0 Å². The number of carbonyl (C=O) groups is 2. The summed E-state index contributed by atoms with van der Waals surface area (Å²) in [7, 11) is 0. The molecule has 0 saturated heterocycles. The first-order valence-electron chi connectivity index (χ1n) is 5.63. The minimum atomic E-state index is -0.509. The SMILES string of the molecule is O=C([CH]c1ccccc1)C(=O)[CH]c1ccccc1. The van der Waals surface area contributed by atoms with Gasteiger partial charge in [-0.25, -0.2) is 0 Å². The number of benzene rings is 2. The molecule has 88 valence electrons. The van der Waals surface area contributed by atoms with E-state index in [-0.39, 0.29) is 0 Å². The normalized spacial score (nSPS) is 10.0. The van der Waals surface area contributed by atoms with E-state index in [1.807, 2.05) is 36.4 Å². The highest BCUT2D eigenvalue weighted by Gasteiger charge is 2.15. The van der Waals surface area contributed by atoms with Gasteiger partial charge in [-0.2, -0.15) is 0 Å². The number of hydrogen-bond donors (Lipinski definition) is 0. The largest absolute Gasteiger partial charge is 0.290 e. The predicted octanol–water partition coefficient (Wildman–Crippen LogP) is 2.63. The molecule has 0 saturated carbocycles. The number of hydrogen-bond acceptors (Lipinski definition) is 2. The summed E-state index contributed by atoms with van der Waals surface area (Å²) < 4.78 is 0. The van der Waals surface area contributed by atoms with Crippen molar-refractivity contribution in [3.63, 3.8) is 0 Å². The summed E-state index contributed by atoms with van der Waals surface area (Å²) in [5.74, 6) is -1.02. The van der Waals surface area contributed by atoms with E-state index in [1.54, 1.807) is 24.3 Å². The lowest BCUT2D eigenvalue weighted by atomic mass is 10.0. The van der Waals surface area contributed by atoms with Gasteiger partial charge in [-0.15, -0.1) is 0 Å². The van der Waals surface area contributed by atoms with Crippen LogP contribution in [-0.4, -0.2) is 11.6 Å². The Hall–Kier alpha value is -2.22. The van der Waals surface area contributed by atoms with Gasteiger partial charge in [-0.05, 0) is 11.1 Å².